The van der Waals surface area contributed by atoms with Gasteiger partial charge in [0.1, 0.15) is 23.6 Å². The molecule has 0 aromatic heterocycles. The van der Waals surface area contributed by atoms with E-state index in [2.05, 4.69) is 17.6 Å². The second-order valence-electron chi connectivity index (χ2n) is 7.49. The van der Waals surface area contributed by atoms with E-state index in [0.717, 1.165) is 24.2 Å². The normalized spacial score (nSPS) is 23.9. The average molecular weight is 424 g/mol. The van der Waals surface area contributed by atoms with Crippen molar-refractivity contribution in [1.82, 2.24) is 10.2 Å². The Balaban J connectivity index is 1.70. The van der Waals surface area contributed by atoms with Crippen LogP contribution in [0.5, 0.6) is 11.5 Å². The highest BCUT2D eigenvalue weighted by atomic mass is 35.5. The number of urea groups is 1. The van der Waals surface area contributed by atoms with Gasteiger partial charge < -0.3 is 20.1 Å². The lowest BCUT2D eigenvalue weighted by molar-refractivity contribution is -0.135. The van der Waals surface area contributed by atoms with Gasteiger partial charge in [0.2, 0.25) is 5.91 Å². The fraction of sp³-hybridized carbons (Fsp3) is 0.550. The fourth-order valence-corrected chi connectivity index (χ4v) is 4.26. The average Bonchev–Trinajstić information content (AvgIpc) is 2.93. The van der Waals surface area contributed by atoms with E-state index >= 15 is 0 Å². The largest absolute Gasteiger partial charge is 0.495 e. The molecule has 0 atom stereocenters. The van der Waals surface area contributed by atoms with E-state index < -0.39 is 17.5 Å². The maximum atomic E-state index is 12.9. The number of rotatable bonds is 6. The highest BCUT2D eigenvalue weighted by Gasteiger charge is 2.52. The Kier molecular flexibility index (Phi) is 6.21. The van der Waals surface area contributed by atoms with Gasteiger partial charge in [-0.25, -0.2) is 4.79 Å². The second kappa shape index (κ2) is 8.49. The van der Waals surface area contributed by atoms with Crippen molar-refractivity contribution in [1.29, 1.82) is 0 Å². The number of ether oxygens (including phenoxy) is 2. The second-order valence-corrected chi connectivity index (χ2v) is 7.90. The lowest BCUT2D eigenvalue weighted by atomic mass is 9.75. The number of amides is 4. The molecule has 2 aliphatic rings. The molecule has 9 heteroatoms. The summed E-state index contributed by atoms with van der Waals surface area (Å²) < 4.78 is 10.4. The summed E-state index contributed by atoms with van der Waals surface area (Å²) in [5, 5.41) is 5.82. The summed E-state index contributed by atoms with van der Waals surface area (Å²) in [6.45, 7) is 1.76. The Hall–Kier alpha value is -2.48. The molecule has 1 heterocycles. The molecule has 1 spiro atoms. The zero-order valence-corrected chi connectivity index (χ0v) is 17.6. The molecule has 29 heavy (non-hydrogen) atoms. The van der Waals surface area contributed by atoms with E-state index in [1.807, 2.05) is 0 Å². The van der Waals surface area contributed by atoms with Gasteiger partial charge in [-0.15, -0.1) is 0 Å². The predicted molar refractivity (Wildman–Crippen MR) is 108 cm³/mol. The number of nitrogens with zero attached hydrogens (tertiary/aromatic N) is 1. The Labute approximate surface area is 174 Å². The van der Waals surface area contributed by atoms with Gasteiger partial charge in [-0.05, 0) is 31.6 Å². The summed E-state index contributed by atoms with van der Waals surface area (Å²) in [6.07, 6.45) is 4.07. The van der Waals surface area contributed by atoms with Gasteiger partial charge in [-0.1, -0.05) is 24.9 Å². The van der Waals surface area contributed by atoms with Gasteiger partial charge in [-0.2, -0.15) is 0 Å². The number of benzene rings is 1. The number of hydrogen-bond donors (Lipinski definition) is 2. The minimum absolute atomic E-state index is 0.326. The number of carbonyl (C=O) groups is 3. The molecular weight excluding hydrogens is 398 g/mol. The molecule has 1 aliphatic carbocycles. The summed E-state index contributed by atoms with van der Waals surface area (Å²) in [7, 11) is 2.90. The summed E-state index contributed by atoms with van der Waals surface area (Å²) in [5.41, 5.74) is -0.534. The van der Waals surface area contributed by atoms with Crippen molar-refractivity contribution in [3.8, 4) is 11.5 Å². The molecule has 1 aliphatic heterocycles. The maximum absolute atomic E-state index is 12.9. The molecule has 1 saturated carbocycles. The zero-order valence-electron chi connectivity index (χ0n) is 16.8. The molecule has 1 aromatic rings. The van der Waals surface area contributed by atoms with Crippen molar-refractivity contribution in [3.05, 3.63) is 17.2 Å². The standard InChI is InChI=1S/C20H26ClN3O5/c1-4-12-5-7-20(8-6-12)18(26)24(19(27)23-20)11-17(25)22-14-10-15(28-2)13(21)9-16(14)29-3/h9-10,12H,4-8,11H2,1-3H3,(H,22,25)(H,23,27). The van der Waals surface area contributed by atoms with Gasteiger partial charge in [-0.3, -0.25) is 14.5 Å². The third-order valence-electron chi connectivity index (χ3n) is 5.83. The number of hydrogen-bond acceptors (Lipinski definition) is 5. The first kappa shape index (κ1) is 21.2. The molecule has 1 aromatic carbocycles. The third kappa shape index (κ3) is 4.12. The van der Waals surface area contributed by atoms with Crippen LogP contribution in [0.4, 0.5) is 10.5 Å². The number of methoxy groups -OCH3 is 2. The Bertz CT molecular complexity index is 821. The molecule has 2 fully saturated rings. The first-order valence-corrected chi connectivity index (χ1v) is 10.1. The highest BCUT2D eigenvalue weighted by Crippen LogP contribution is 2.38. The van der Waals surface area contributed by atoms with Crippen LogP contribution in [0.3, 0.4) is 0 Å². The minimum Gasteiger partial charge on any atom is -0.495 e. The smallest absolute Gasteiger partial charge is 0.325 e. The van der Waals surface area contributed by atoms with Crippen LogP contribution in [0.1, 0.15) is 39.0 Å². The quantitative estimate of drug-likeness (QED) is 0.685. The molecule has 8 nitrogen and oxygen atoms in total. The van der Waals surface area contributed by atoms with Crippen LogP contribution in [-0.2, 0) is 9.59 Å². The van der Waals surface area contributed by atoms with Gasteiger partial charge >= 0.3 is 6.03 Å². The summed E-state index contributed by atoms with van der Waals surface area (Å²) in [4.78, 5) is 38.9. The van der Waals surface area contributed by atoms with Gasteiger partial charge in [0.05, 0.1) is 24.9 Å². The first-order valence-electron chi connectivity index (χ1n) is 9.69. The zero-order chi connectivity index (χ0) is 21.2. The van der Waals surface area contributed by atoms with E-state index in [1.54, 1.807) is 0 Å². The highest BCUT2D eigenvalue weighted by molar-refractivity contribution is 6.32. The topological polar surface area (TPSA) is 97.0 Å². The van der Waals surface area contributed by atoms with Crippen molar-refractivity contribution in [2.24, 2.45) is 5.92 Å². The van der Waals surface area contributed by atoms with Crippen molar-refractivity contribution in [2.45, 2.75) is 44.6 Å². The molecular formula is C20H26ClN3O5. The van der Waals surface area contributed by atoms with Crippen LogP contribution in [-0.4, -0.2) is 49.0 Å². The Morgan fingerprint density at radius 1 is 1.24 bits per heavy atom. The predicted octanol–water partition coefficient (Wildman–Crippen LogP) is 3.19. The molecule has 3 rings (SSSR count). The molecule has 0 bridgehead atoms. The Morgan fingerprint density at radius 2 is 1.90 bits per heavy atom. The van der Waals surface area contributed by atoms with Crippen LogP contribution < -0.4 is 20.1 Å². The minimum atomic E-state index is -0.871. The van der Waals surface area contributed by atoms with Gasteiger partial charge in [0.25, 0.3) is 5.91 Å². The number of nitrogens with one attached hydrogen (secondary N) is 2. The van der Waals surface area contributed by atoms with Gasteiger partial charge in [0.15, 0.2) is 0 Å². The molecule has 0 unspecified atom stereocenters. The number of halogens is 1. The van der Waals surface area contributed by atoms with Crippen molar-refractivity contribution in [2.75, 3.05) is 26.1 Å². The van der Waals surface area contributed by atoms with E-state index in [4.69, 9.17) is 21.1 Å². The van der Waals surface area contributed by atoms with E-state index in [-0.39, 0.29) is 12.5 Å². The fourth-order valence-electron chi connectivity index (χ4n) is 4.03. The summed E-state index contributed by atoms with van der Waals surface area (Å²) in [5.74, 6) is 0.443. The Morgan fingerprint density at radius 3 is 2.48 bits per heavy atom. The summed E-state index contributed by atoms with van der Waals surface area (Å²) >= 11 is 6.07. The van der Waals surface area contributed by atoms with Crippen molar-refractivity contribution >= 4 is 35.1 Å². The third-order valence-corrected chi connectivity index (χ3v) is 6.13. The SMILES string of the molecule is CCC1CCC2(CC1)NC(=O)N(CC(=O)Nc1cc(OC)c(Cl)cc1OC)C2=O. The van der Waals surface area contributed by atoms with E-state index in [0.29, 0.717) is 41.0 Å². The van der Waals surface area contributed by atoms with Crippen LogP contribution >= 0.6 is 11.6 Å². The number of carbonyl (C=O) groups excluding carboxylic acids is 3. The number of anilines is 1. The number of imide groups is 1. The lowest BCUT2D eigenvalue weighted by Gasteiger charge is -2.34. The molecule has 0 radical (unpaired) electrons. The van der Waals surface area contributed by atoms with Crippen LogP contribution in [0.25, 0.3) is 0 Å². The van der Waals surface area contributed by atoms with Crippen LogP contribution in [0.15, 0.2) is 12.1 Å². The summed E-state index contributed by atoms with van der Waals surface area (Å²) in [6, 6.07) is 2.52. The monoisotopic (exact) mass is 423 g/mol. The molecule has 4 amide bonds. The maximum Gasteiger partial charge on any atom is 0.325 e. The van der Waals surface area contributed by atoms with E-state index in [9.17, 15) is 14.4 Å². The molecule has 158 valence electrons. The first-order chi connectivity index (χ1) is 13.8. The van der Waals surface area contributed by atoms with E-state index in [1.165, 1.54) is 26.4 Å². The molecule has 1 saturated heterocycles. The van der Waals surface area contributed by atoms with Crippen LogP contribution in [0, 0.1) is 5.92 Å². The lowest BCUT2D eigenvalue weighted by Crippen LogP contribution is -2.49. The molecule has 2 N–H and O–H groups in total. The van der Waals surface area contributed by atoms with Gasteiger partial charge in [0, 0.05) is 12.1 Å². The van der Waals surface area contributed by atoms with Crippen LogP contribution in [0.2, 0.25) is 5.02 Å². The van der Waals surface area contributed by atoms with Crippen molar-refractivity contribution < 1.29 is 23.9 Å². The van der Waals surface area contributed by atoms with Crippen molar-refractivity contribution in [3.63, 3.8) is 0 Å².